The summed E-state index contributed by atoms with van der Waals surface area (Å²) < 4.78 is 0. The maximum Gasteiger partial charge on any atom is 0.256 e. The molecule has 1 aromatic heterocycles. The molecule has 0 fully saturated rings. The van der Waals surface area contributed by atoms with E-state index in [9.17, 15) is 4.79 Å². The molecular weight excluding hydrogens is 380 g/mol. The van der Waals surface area contributed by atoms with Crippen LogP contribution in [0.3, 0.4) is 0 Å². The molecule has 3 N–H and O–H groups in total. The lowest BCUT2D eigenvalue weighted by atomic mass is 10.0. The van der Waals surface area contributed by atoms with Gasteiger partial charge in [0.25, 0.3) is 5.91 Å². The zero-order valence-electron chi connectivity index (χ0n) is 15.0. The molecule has 27 heavy (non-hydrogen) atoms. The normalized spacial score (nSPS) is 13.9. The summed E-state index contributed by atoms with van der Waals surface area (Å²) in [6.45, 7) is 3.22. The molecule has 3 rings (SSSR count). The molecule has 1 amide bonds. The quantitative estimate of drug-likeness (QED) is 0.646. The van der Waals surface area contributed by atoms with Gasteiger partial charge in [-0.3, -0.25) is 9.78 Å². The molecule has 2 heterocycles. The molecule has 1 aliphatic heterocycles. The van der Waals surface area contributed by atoms with Crippen molar-refractivity contribution in [3.05, 3.63) is 70.1 Å². The molecule has 140 valence electrons. The number of halogens is 1. The van der Waals surface area contributed by atoms with Gasteiger partial charge >= 0.3 is 0 Å². The largest absolute Gasteiger partial charge is 0.383 e. The van der Waals surface area contributed by atoms with E-state index in [-0.39, 0.29) is 5.91 Å². The number of pyridine rings is 1. The third-order valence-electron chi connectivity index (χ3n) is 4.39. The first-order chi connectivity index (χ1) is 13.1. The number of rotatable bonds is 6. The van der Waals surface area contributed by atoms with Gasteiger partial charge in [0.1, 0.15) is 4.99 Å². The van der Waals surface area contributed by atoms with Crippen LogP contribution in [0.25, 0.3) is 0 Å². The fraction of sp³-hybridized carbons (Fsp3) is 0.250. The summed E-state index contributed by atoms with van der Waals surface area (Å²) in [5.41, 5.74) is 4.21. The molecule has 1 aliphatic rings. The number of carbonyl (C=O) groups is 1. The van der Waals surface area contributed by atoms with Crippen molar-refractivity contribution in [3.63, 3.8) is 0 Å². The van der Waals surface area contributed by atoms with Gasteiger partial charge in [0.05, 0.1) is 5.57 Å². The van der Waals surface area contributed by atoms with E-state index in [1.165, 1.54) is 0 Å². The summed E-state index contributed by atoms with van der Waals surface area (Å²) in [6.07, 6.45) is 4.96. The molecule has 0 spiro atoms. The first-order valence-electron chi connectivity index (χ1n) is 8.83. The highest BCUT2D eigenvalue weighted by Gasteiger charge is 2.24. The van der Waals surface area contributed by atoms with E-state index in [2.05, 4.69) is 20.9 Å². The molecule has 0 bridgehead atoms. The SMILES string of the molecule is CCc1c(Cl)cccc1NC(=S)C1=C(NCc2ccncc2)CCNC1=O. The predicted octanol–water partition coefficient (Wildman–Crippen LogP) is 3.60. The number of carbonyl (C=O) groups excluding carboxylic acids is 1. The van der Waals surface area contributed by atoms with Crippen molar-refractivity contribution in [1.82, 2.24) is 15.6 Å². The number of nitrogens with one attached hydrogen (secondary N) is 3. The molecule has 0 aliphatic carbocycles. The van der Waals surface area contributed by atoms with E-state index in [1.807, 2.05) is 37.3 Å². The van der Waals surface area contributed by atoms with E-state index < -0.39 is 0 Å². The van der Waals surface area contributed by atoms with Gasteiger partial charge in [-0.1, -0.05) is 36.8 Å². The highest BCUT2D eigenvalue weighted by molar-refractivity contribution is 7.81. The lowest BCUT2D eigenvalue weighted by Crippen LogP contribution is -2.39. The summed E-state index contributed by atoms with van der Waals surface area (Å²) in [5.74, 6) is -0.170. The third-order valence-corrected chi connectivity index (χ3v) is 5.05. The van der Waals surface area contributed by atoms with Crippen molar-refractivity contribution < 1.29 is 4.79 Å². The summed E-state index contributed by atoms with van der Waals surface area (Å²) in [5, 5.41) is 10.1. The Kier molecular flexibility index (Phi) is 6.42. The fourth-order valence-electron chi connectivity index (χ4n) is 3.00. The number of amides is 1. The molecule has 7 heteroatoms. The summed E-state index contributed by atoms with van der Waals surface area (Å²) in [6, 6.07) is 9.51. The fourth-order valence-corrected chi connectivity index (χ4v) is 3.63. The lowest BCUT2D eigenvalue weighted by molar-refractivity contribution is -0.117. The Labute approximate surface area is 169 Å². The van der Waals surface area contributed by atoms with Gasteiger partial charge < -0.3 is 16.0 Å². The first kappa shape index (κ1) is 19.3. The Bertz CT molecular complexity index is 883. The molecule has 0 saturated heterocycles. The topological polar surface area (TPSA) is 66.1 Å². The molecule has 5 nitrogen and oxygen atoms in total. The highest BCUT2D eigenvalue weighted by atomic mass is 35.5. The van der Waals surface area contributed by atoms with Gasteiger partial charge in [0, 0.05) is 48.3 Å². The van der Waals surface area contributed by atoms with Gasteiger partial charge in [-0.15, -0.1) is 0 Å². The number of aromatic nitrogens is 1. The number of benzene rings is 1. The second-order valence-corrected chi connectivity index (χ2v) is 6.96. The lowest BCUT2D eigenvalue weighted by Gasteiger charge is -2.23. The van der Waals surface area contributed by atoms with E-state index >= 15 is 0 Å². The van der Waals surface area contributed by atoms with Crippen LogP contribution in [-0.4, -0.2) is 22.4 Å². The van der Waals surface area contributed by atoms with Crippen LogP contribution in [0.1, 0.15) is 24.5 Å². The first-order valence-corrected chi connectivity index (χ1v) is 9.61. The van der Waals surface area contributed by atoms with Crippen LogP contribution in [-0.2, 0) is 17.8 Å². The Morgan fingerprint density at radius 3 is 2.81 bits per heavy atom. The van der Waals surface area contributed by atoms with Crippen molar-refractivity contribution in [2.75, 3.05) is 11.9 Å². The summed E-state index contributed by atoms with van der Waals surface area (Å²) >= 11 is 11.9. The van der Waals surface area contributed by atoms with E-state index in [0.717, 1.165) is 28.9 Å². The second-order valence-electron chi connectivity index (χ2n) is 6.14. The predicted molar refractivity (Wildman–Crippen MR) is 113 cm³/mol. The van der Waals surface area contributed by atoms with Crippen molar-refractivity contribution in [2.24, 2.45) is 0 Å². The van der Waals surface area contributed by atoms with Gasteiger partial charge in [0.15, 0.2) is 0 Å². The monoisotopic (exact) mass is 400 g/mol. The molecule has 0 radical (unpaired) electrons. The molecule has 1 aromatic carbocycles. The number of thiocarbonyl (C=S) groups is 1. The van der Waals surface area contributed by atoms with E-state index in [0.29, 0.717) is 35.1 Å². The minimum absolute atomic E-state index is 0.170. The summed E-state index contributed by atoms with van der Waals surface area (Å²) in [7, 11) is 0. The number of hydrogen-bond acceptors (Lipinski definition) is 4. The average Bonchev–Trinajstić information content (AvgIpc) is 2.67. The second kappa shape index (κ2) is 8.97. The maximum absolute atomic E-state index is 12.5. The van der Waals surface area contributed by atoms with Gasteiger partial charge in [0.2, 0.25) is 0 Å². The van der Waals surface area contributed by atoms with Crippen LogP contribution >= 0.6 is 23.8 Å². The minimum Gasteiger partial charge on any atom is -0.383 e. The van der Waals surface area contributed by atoms with Crippen molar-refractivity contribution >= 4 is 40.4 Å². The van der Waals surface area contributed by atoms with Crippen LogP contribution in [0.2, 0.25) is 5.02 Å². The van der Waals surface area contributed by atoms with Crippen LogP contribution in [0, 0.1) is 0 Å². The Morgan fingerprint density at radius 2 is 2.07 bits per heavy atom. The molecule has 0 unspecified atom stereocenters. The van der Waals surface area contributed by atoms with Crippen LogP contribution < -0.4 is 16.0 Å². The molecular formula is C20H21ClN4OS. The number of nitrogens with zero attached hydrogens (tertiary/aromatic N) is 1. The van der Waals surface area contributed by atoms with Gasteiger partial charge in [-0.05, 0) is 41.8 Å². The number of hydrogen-bond donors (Lipinski definition) is 3. The Hall–Kier alpha value is -2.44. The number of anilines is 1. The highest BCUT2D eigenvalue weighted by Crippen LogP contribution is 2.26. The Morgan fingerprint density at radius 1 is 1.30 bits per heavy atom. The zero-order valence-corrected chi connectivity index (χ0v) is 16.6. The van der Waals surface area contributed by atoms with Crippen molar-refractivity contribution in [3.8, 4) is 0 Å². The van der Waals surface area contributed by atoms with E-state index in [4.69, 9.17) is 23.8 Å². The molecule has 0 saturated carbocycles. The van der Waals surface area contributed by atoms with Crippen LogP contribution in [0.4, 0.5) is 5.69 Å². The van der Waals surface area contributed by atoms with Crippen LogP contribution in [0.5, 0.6) is 0 Å². The summed E-state index contributed by atoms with van der Waals surface area (Å²) in [4.78, 5) is 16.9. The third kappa shape index (κ3) is 4.64. The average molecular weight is 401 g/mol. The molecule has 2 aromatic rings. The van der Waals surface area contributed by atoms with Crippen LogP contribution in [0.15, 0.2) is 54.0 Å². The maximum atomic E-state index is 12.5. The van der Waals surface area contributed by atoms with Gasteiger partial charge in [-0.2, -0.15) is 0 Å². The van der Waals surface area contributed by atoms with Crippen molar-refractivity contribution in [1.29, 1.82) is 0 Å². The molecule has 0 atom stereocenters. The Balaban J connectivity index is 1.83. The zero-order chi connectivity index (χ0) is 19.2. The van der Waals surface area contributed by atoms with Crippen molar-refractivity contribution in [2.45, 2.75) is 26.3 Å². The van der Waals surface area contributed by atoms with E-state index in [1.54, 1.807) is 12.4 Å². The standard InChI is InChI=1S/C20H21ClN4OS/c1-2-14-15(21)4-3-5-16(14)25-20(27)18-17(8-11-23-19(18)26)24-12-13-6-9-22-10-7-13/h3-7,9-10,24H,2,8,11-12H2,1H3,(H,23,26)(H,25,27). The van der Waals surface area contributed by atoms with Gasteiger partial charge in [-0.25, -0.2) is 0 Å². The minimum atomic E-state index is -0.170. The smallest absolute Gasteiger partial charge is 0.256 e.